The van der Waals surface area contributed by atoms with Gasteiger partial charge >= 0.3 is 0 Å². The molecule has 0 spiro atoms. The second kappa shape index (κ2) is 10.4. The zero-order valence-corrected chi connectivity index (χ0v) is 17.7. The number of carbonyl (C=O) groups is 1. The summed E-state index contributed by atoms with van der Waals surface area (Å²) in [5.74, 6) is 1.65. The molecular weight excluding hydrogens is 392 g/mol. The van der Waals surface area contributed by atoms with Crippen molar-refractivity contribution in [2.45, 2.75) is 13.0 Å². The first-order chi connectivity index (χ1) is 14.1. The van der Waals surface area contributed by atoms with Crippen LogP contribution in [-0.4, -0.2) is 63.4 Å². The van der Waals surface area contributed by atoms with Gasteiger partial charge in [0.1, 0.15) is 50.8 Å². The molecule has 0 bridgehead atoms. The van der Waals surface area contributed by atoms with E-state index in [4.69, 9.17) is 21.1 Å². The standard InChI is InChI=1S/C21H27ClN4O3/c1-16(21(27)24-19-4-3-9-23-20(19)22)26-12-10-25(11-13-26)14-15-29-18-7-5-17(28-2)6-8-18/h3-9,16H,10-15H2,1-2H3,(H,24,27)/p+2/t16-/m0/s1. The van der Waals surface area contributed by atoms with Gasteiger partial charge < -0.3 is 24.6 Å². The van der Waals surface area contributed by atoms with Crippen LogP contribution >= 0.6 is 11.6 Å². The van der Waals surface area contributed by atoms with Gasteiger partial charge in [0, 0.05) is 6.20 Å². The van der Waals surface area contributed by atoms with Crippen molar-refractivity contribution in [2.24, 2.45) is 0 Å². The highest BCUT2D eigenvalue weighted by atomic mass is 35.5. The minimum atomic E-state index is -0.136. The van der Waals surface area contributed by atoms with E-state index in [0.29, 0.717) is 17.4 Å². The predicted molar refractivity (Wildman–Crippen MR) is 112 cm³/mol. The number of nitrogens with zero attached hydrogens (tertiary/aromatic N) is 1. The van der Waals surface area contributed by atoms with Crippen LogP contribution in [0.5, 0.6) is 11.5 Å². The average Bonchev–Trinajstić information content (AvgIpc) is 2.76. The molecule has 0 radical (unpaired) electrons. The van der Waals surface area contributed by atoms with Crippen molar-refractivity contribution in [1.29, 1.82) is 0 Å². The van der Waals surface area contributed by atoms with Crippen LogP contribution < -0.4 is 24.6 Å². The maximum Gasteiger partial charge on any atom is 0.282 e. The zero-order valence-electron chi connectivity index (χ0n) is 16.9. The Balaban J connectivity index is 1.39. The lowest BCUT2D eigenvalue weighted by molar-refractivity contribution is -1.02. The summed E-state index contributed by atoms with van der Waals surface area (Å²) in [6.07, 6.45) is 1.60. The van der Waals surface area contributed by atoms with Gasteiger partial charge in [0.25, 0.3) is 5.91 Å². The van der Waals surface area contributed by atoms with E-state index >= 15 is 0 Å². The van der Waals surface area contributed by atoms with Crippen LogP contribution in [0.3, 0.4) is 0 Å². The molecule has 8 heteroatoms. The molecule has 0 saturated carbocycles. The Morgan fingerprint density at radius 3 is 2.52 bits per heavy atom. The van der Waals surface area contributed by atoms with Crippen molar-refractivity contribution in [3.8, 4) is 11.5 Å². The third-order valence-electron chi connectivity index (χ3n) is 5.41. The molecular formula is C21H29ClN4O3+2. The van der Waals surface area contributed by atoms with E-state index in [2.05, 4.69) is 10.3 Å². The minimum absolute atomic E-state index is 0.0267. The van der Waals surface area contributed by atoms with E-state index in [1.165, 1.54) is 9.80 Å². The first-order valence-electron chi connectivity index (χ1n) is 9.93. The number of benzene rings is 1. The molecule has 0 aliphatic carbocycles. The number of hydrogen-bond donors (Lipinski definition) is 3. The van der Waals surface area contributed by atoms with Crippen molar-refractivity contribution in [2.75, 3.05) is 51.8 Å². The monoisotopic (exact) mass is 420 g/mol. The molecule has 29 heavy (non-hydrogen) atoms. The molecule has 1 fully saturated rings. The fourth-order valence-corrected chi connectivity index (χ4v) is 3.67. The second-order valence-electron chi connectivity index (χ2n) is 7.23. The van der Waals surface area contributed by atoms with E-state index in [9.17, 15) is 4.79 Å². The first-order valence-corrected chi connectivity index (χ1v) is 10.3. The number of hydrogen-bond acceptors (Lipinski definition) is 4. The van der Waals surface area contributed by atoms with Crippen LogP contribution in [-0.2, 0) is 4.79 Å². The normalized spacial score (nSPS) is 20.0. The summed E-state index contributed by atoms with van der Waals surface area (Å²) >= 11 is 6.03. The molecule has 2 aromatic rings. The highest BCUT2D eigenvalue weighted by molar-refractivity contribution is 6.32. The number of aromatic nitrogens is 1. The van der Waals surface area contributed by atoms with Crippen molar-refractivity contribution >= 4 is 23.2 Å². The quantitative estimate of drug-likeness (QED) is 0.523. The van der Waals surface area contributed by atoms with Gasteiger partial charge in [-0.1, -0.05) is 11.6 Å². The van der Waals surface area contributed by atoms with Gasteiger partial charge in [0.2, 0.25) is 0 Å². The topological polar surface area (TPSA) is 69.3 Å². The maximum atomic E-state index is 12.6. The van der Waals surface area contributed by atoms with E-state index in [0.717, 1.165) is 44.2 Å². The Hall–Kier alpha value is -2.35. The van der Waals surface area contributed by atoms with Gasteiger partial charge in [-0.25, -0.2) is 4.98 Å². The van der Waals surface area contributed by atoms with Crippen LogP contribution in [0, 0.1) is 0 Å². The smallest absolute Gasteiger partial charge is 0.282 e. The number of rotatable bonds is 8. The van der Waals surface area contributed by atoms with Gasteiger partial charge in [0.15, 0.2) is 11.2 Å². The van der Waals surface area contributed by atoms with Crippen molar-refractivity contribution in [3.63, 3.8) is 0 Å². The number of halogens is 1. The molecule has 156 valence electrons. The summed E-state index contributed by atoms with van der Waals surface area (Å²) in [7, 11) is 1.65. The highest BCUT2D eigenvalue weighted by Crippen LogP contribution is 2.17. The highest BCUT2D eigenvalue weighted by Gasteiger charge is 2.31. The number of methoxy groups -OCH3 is 1. The Morgan fingerprint density at radius 2 is 1.86 bits per heavy atom. The second-order valence-corrected chi connectivity index (χ2v) is 7.59. The lowest BCUT2D eigenvalue weighted by Gasteiger charge is -2.32. The molecule has 2 heterocycles. The number of quaternary nitrogens is 2. The third-order valence-corrected chi connectivity index (χ3v) is 5.71. The number of ether oxygens (including phenoxy) is 2. The van der Waals surface area contributed by atoms with Crippen LogP contribution in [0.2, 0.25) is 5.15 Å². The largest absolute Gasteiger partial charge is 0.497 e. The molecule has 1 amide bonds. The Kier molecular flexibility index (Phi) is 7.69. The lowest BCUT2D eigenvalue weighted by Crippen LogP contribution is -3.30. The molecule has 3 N–H and O–H groups in total. The molecule has 1 aromatic carbocycles. The molecule has 3 rings (SSSR count). The SMILES string of the molecule is COc1ccc(OCC[NH+]2CC[NH+]([C@@H](C)C(=O)Nc3cccnc3Cl)CC2)cc1. The molecule has 7 nitrogen and oxygen atoms in total. The molecule has 0 unspecified atom stereocenters. The van der Waals surface area contributed by atoms with Crippen LogP contribution in [0.1, 0.15) is 6.92 Å². The number of anilines is 1. The molecule has 1 saturated heterocycles. The summed E-state index contributed by atoms with van der Waals surface area (Å²) in [5.41, 5.74) is 0.561. The van der Waals surface area contributed by atoms with Gasteiger partial charge in [-0.15, -0.1) is 0 Å². The lowest BCUT2D eigenvalue weighted by atomic mass is 10.2. The van der Waals surface area contributed by atoms with Crippen LogP contribution in [0.4, 0.5) is 5.69 Å². The Labute approximate surface area is 176 Å². The van der Waals surface area contributed by atoms with Crippen LogP contribution in [0.15, 0.2) is 42.6 Å². The zero-order chi connectivity index (χ0) is 20.6. The first kappa shape index (κ1) is 21.4. The summed E-state index contributed by atoms with van der Waals surface area (Å²) in [4.78, 5) is 19.4. The summed E-state index contributed by atoms with van der Waals surface area (Å²) < 4.78 is 11.0. The fraction of sp³-hybridized carbons (Fsp3) is 0.429. The minimum Gasteiger partial charge on any atom is -0.497 e. The van der Waals surface area contributed by atoms with Crippen molar-refractivity contribution < 1.29 is 24.1 Å². The number of nitrogens with one attached hydrogen (secondary N) is 3. The molecule has 1 aliphatic rings. The van der Waals surface area contributed by atoms with E-state index in [1.807, 2.05) is 31.2 Å². The number of amides is 1. The fourth-order valence-electron chi connectivity index (χ4n) is 3.50. The van der Waals surface area contributed by atoms with Crippen molar-refractivity contribution in [3.05, 3.63) is 47.7 Å². The number of carbonyl (C=O) groups excluding carboxylic acids is 1. The molecule has 1 atom stereocenters. The predicted octanol–water partition coefficient (Wildman–Crippen LogP) is -0.0670. The maximum absolute atomic E-state index is 12.6. The molecule has 1 aliphatic heterocycles. The summed E-state index contributed by atoms with van der Waals surface area (Å²) in [6.45, 7) is 7.53. The summed E-state index contributed by atoms with van der Waals surface area (Å²) in [5, 5.41) is 3.20. The van der Waals surface area contributed by atoms with E-state index < -0.39 is 0 Å². The van der Waals surface area contributed by atoms with Crippen molar-refractivity contribution in [1.82, 2.24) is 4.98 Å². The van der Waals surface area contributed by atoms with E-state index in [1.54, 1.807) is 25.4 Å². The third kappa shape index (κ3) is 6.06. The van der Waals surface area contributed by atoms with Gasteiger partial charge in [-0.2, -0.15) is 0 Å². The number of piperazine rings is 1. The molecule has 1 aromatic heterocycles. The van der Waals surface area contributed by atoms with E-state index in [-0.39, 0.29) is 11.9 Å². The van der Waals surface area contributed by atoms with Gasteiger partial charge in [0.05, 0.1) is 12.8 Å². The average molecular weight is 421 g/mol. The summed E-state index contributed by atoms with van der Waals surface area (Å²) in [6, 6.07) is 11.0. The van der Waals surface area contributed by atoms with Gasteiger partial charge in [-0.3, -0.25) is 4.79 Å². The number of pyridine rings is 1. The Morgan fingerprint density at radius 1 is 1.17 bits per heavy atom. The Bertz CT molecular complexity index is 795. The van der Waals surface area contributed by atoms with Gasteiger partial charge in [-0.05, 0) is 43.3 Å². The van der Waals surface area contributed by atoms with Crippen LogP contribution in [0.25, 0.3) is 0 Å².